The van der Waals surface area contributed by atoms with E-state index in [2.05, 4.69) is 40.3 Å². The van der Waals surface area contributed by atoms with Crippen LogP contribution in [0.25, 0.3) is 0 Å². The fourth-order valence-corrected chi connectivity index (χ4v) is 3.06. The highest BCUT2D eigenvalue weighted by molar-refractivity contribution is 6.30. The minimum Gasteiger partial charge on any atom is -0.314 e. The van der Waals surface area contributed by atoms with Gasteiger partial charge in [0.05, 0.1) is 0 Å². The molecule has 1 saturated heterocycles. The summed E-state index contributed by atoms with van der Waals surface area (Å²) < 4.78 is 0. The average Bonchev–Trinajstić information content (AvgIpc) is 2.50. The first-order valence-corrected chi connectivity index (χ1v) is 7.71. The summed E-state index contributed by atoms with van der Waals surface area (Å²) in [5, 5.41) is 4.28. The Hall–Kier alpha value is -1.42. The van der Waals surface area contributed by atoms with E-state index < -0.39 is 0 Å². The average molecular weight is 302 g/mol. The molecule has 1 aromatic carbocycles. The molecule has 4 heteroatoms. The number of nitrogens with one attached hydrogen (secondary N) is 1. The van der Waals surface area contributed by atoms with E-state index in [0.29, 0.717) is 6.04 Å². The highest BCUT2D eigenvalue weighted by atomic mass is 35.5. The summed E-state index contributed by atoms with van der Waals surface area (Å²) in [6.07, 6.45) is 3.83. The second-order valence-corrected chi connectivity index (χ2v) is 5.98. The van der Waals surface area contributed by atoms with Crippen LogP contribution >= 0.6 is 11.6 Å². The first kappa shape index (κ1) is 14.5. The topological polar surface area (TPSA) is 28.2 Å². The lowest BCUT2D eigenvalue weighted by atomic mass is 10.0. The molecule has 3 nitrogen and oxygen atoms in total. The number of hydrogen-bond acceptors (Lipinski definition) is 3. The molecule has 1 aliphatic rings. The summed E-state index contributed by atoms with van der Waals surface area (Å²) in [6.45, 7) is 6.09. The van der Waals surface area contributed by atoms with Crippen LogP contribution in [0.4, 0.5) is 0 Å². The molecule has 1 aromatic heterocycles. The second kappa shape index (κ2) is 6.56. The Morgan fingerprint density at radius 1 is 1.38 bits per heavy atom. The molecule has 0 saturated carbocycles. The van der Waals surface area contributed by atoms with Gasteiger partial charge in [0, 0.05) is 49.6 Å². The van der Waals surface area contributed by atoms with Crippen molar-refractivity contribution in [3.63, 3.8) is 0 Å². The summed E-state index contributed by atoms with van der Waals surface area (Å²) >= 11 is 6.15. The summed E-state index contributed by atoms with van der Waals surface area (Å²) in [6, 6.07) is 10.6. The van der Waals surface area contributed by atoms with Crippen LogP contribution in [0.15, 0.2) is 42.7 Å². The predicted molar refractivity (Wildman–Crippen MR) is 86.4 cm³/mol. The van der Waals surface area contributed by atoms with Gasteiger partial charge in [-0.3, -0.25) is 9.88 Å². The molecule has 110 valence electrons. The zero-order chi connectivity index (χ0) is 14.7. The van der Waals surface area contributed by atoms with E-state index in [1.807, 2.05) is 24.5 Å². The summed E-state index contributed by atoms with van der Waals surface area (Å²) in [5.74, 6) is 0. The molecule has 0 aliphatic carbocycles. The van der Waals surface area contributed by atoms with Gasteiger partial charge >= 0.3 is 0 Å². The van der Waals surface area contributed by atoms with Crippen molar-refractivity contribution in [3.05, 3.63) is 64.4 Å². The van der Waals surface area contributed by atoms with Crippen molar-refractivity contribution >= 4 is 11.6 Å². The molecule has 1 unspecified atom stereocenters. The number of halogens is 1. The van der Waals surface area contributed by atoms with Gasteiger partial charge in [0.15, 0.2) is 0 Å². The third kappa shape index (κ3) is 3.43. The van der Waals surface area contributed by atoms with Gasteiger partial charge in [-0.1, -0.05) is 23.7 Å². The molecular weight excluding hydrogens is 282 g/mol. The summed E-state index contributed by atoms with van der Waals surface area (Å²) in [7, 11) is 0. The number of hydrogen-bond donors (Lipinski definition) is 1. The lowest BCUT2D eigenvalue weighted by Crippen LogP contribution is -2.45. The van der Waals surface area contributed by atoms with Crippen LogP contribution in [0.2, 0.25) is 5.02 Å². The van der Waals surface area contributed by atoms with Crippen LogP contribution in [-0.2, 0) is 6.54 Å². The zero-order valence-electron chi connectivity index (χ0n) is 12.2. The van der Waals surface area contributed by atoms with Gasteiger partial charge in [-0.25, -0.2) is 0 Å². The smallest absolute Gasteiger partial charge is 0.0477 e. The minimum atomic E-state index is 0.358. The summed E-state index contributed by atoms with van der Waals surface area (Å²) in [5.41, 5.74) is 3.87. The van der Waals surface area contributed by atoms with Gasteiger partial charge in [0.2, 0.25) is 0 Å². The van der Waals surface area contributed by atoms with Crippen LogP contribution in [0, 0.1) is 6.92 Å². The third-order valence-corrected chi connectivity index (χ3v) is 4.34. The highest BCUT2D eigenvalue weighted by Gasteiger charge is 2.24. The van der Waals surface area contributed by atoms with E-state index in [4.69, 9.17) is 11.6 Å². The molecule has 3 rings (SSSR count). The number of rotatable bonds is 3. The predicted octanol–water partition coefficient (Wildman–Crippen LogP) is 3.19. The SMILES string of the molecule is Cc1ccncc1CN1CCNCC1c1cccc(Cl)c1. The van der Waals surface area contributed by atoms with E-state index in [0.717, 1.165) is 31.2 Å². The highest BCUT2D eigenvalue weighted by Crippen LogP contribution is 2.26. The Morgan fingerprint density at radius 3 is 3.10 bits per heavy atom. The molecule has 2 heterocycles. The number of pyridine rings is 1. The molecule has 0 amide bonds. The Labute approximate surface area is 131 Å². The van der Waals surface area contributed by atoms with Crippen LogP contribution in [0.3, 0.4) is 0 Å². The van der Waals surface area contributed by atoms with Crippen LogP contribution in [0.5, 0.6) is 0 Å². The van der Waals surface area contributed by atoms with Gasteiger partial charge in [0.25, 0.3) is 0 Å². The lowest BCUT2D eigenvalue weighted by molar-refractivity contribution is 0.153. The van der Waals surface area contributed by atoms with Crippen LogP contribution < -0.4 is 5.32 Å². The quantitative estimate of drug-likeness (QED) is 0.944. The number of aryl methyl sites for hydroxylation is 1. The Kier molecular flexibility index (Phi) is 4.54. The first-order chi connectivity index (χ1) is 10.2. The standard InChI is InChI=1S/C17H20ClN3/c1-13-5-6-19-10-15(13)12-21-8-7-20-11-17(21)14-3-2-4-16(18)9-14/h2-6,9-10,17,20H,7-8,11-12H2,1H3. The second-order valence-electron chi connectivity index (χ2n) is 5.55. The van der Waals surface area contributed by atoms with Crippen molar-refractivity contribution in [2.24, 2.45) is 0 Å². The normalized spacial score (nSPS) is 19.6. The monoisotopic (exact) mass is 301 g/mol. The van der Waals surface area contributed by atoms with Crippen molar-refractivity contribution in [1.82, 2.24) is 15.2 Å². The molecule has 1 atom stereocenters. The van der Waals surface area contributed by atoms with E-state index in [9.17, 15) is 0 Å². The lowest BCUT2D eigenvalue weighted by Gasteiger charge is -2.36. The van der Waals surface area contributed by atoms with Crippen molar-refractivity contribution in [1.29, 1.82) is 0 Å². The van der Waals surface area contributed by atoms with Gasteiger partial charge in [-0.05, 0) is 41.8 Å². The van der Waals surface area contributed by atoms with Crippen LogP contribution in [-0.4, -0.2) is 29.5 Å². The molecule has 2 aromatic rings. The Balaban J connectivity index is 1.83. The molecule has 0 bridgehead atoms. The van der Waals surface area contributed by atoms with Crippen molar-refractivity contribution in [3.8, 4) is 0 Å². The van der Waals surface area contributed by atoms with Crippen molar-refractivity contribution in [2.45, 2.75) is 19.5 Å². The largest absolute Gasteiger partial charge is 0.314 e. The Bertz CT molecular complexity index is 614. The number of benzene rings is 1. The minimum absolute atomic E-state index is 0.358. The molecule has 0 radical (unpaired) electrons. The van der Waals surface area contributed by atoms with E-state index in [1.54, 1.807) is 0 Å². The van der Waals surface area contributed by atoms with Crippen molar-refractivity contribution < 1.29 is 0 Å². The van der Waals surface area contributed by atoms with Gasteiger partial charge in [-0.15, -0.1) is 0 Å². The molecular formula is C17H20ClN3. The van der Waals surface area contributed by atoms with Gasteiger partial charge in [-0.2, -0.15) is 0 Å². The molecule has 0 spiro atoms. The van der Waals surface area contributed by atoms with E-state index >= 15 is 0 Å². The zero-order valence-corrected chi connectivity index (χ0v) is 13.0. The van der Waals surface area contributed by atoms with Gasteiger partial charge in [0.1, 0.15) is 0 Å². The third-order valence-electron chi connectivity index (χ3n) is 4.11. The number of piperazine rings is 1. The fraction of sp³-hybridized carbons (Fsp3) is 0.353. The van der Waals surface area contributed by atoms with E-state index in [-0.39, 0.29) is 0 Å². The fourth-order valence-electron chi connectivity index (χ4n) is 2.86. The van der Waals surface area contributed by atoms with Gasteiger partial charge < -0.3 is 5.32 Å². The maximum Gasteiger partial charge on any atom is 0.0477 e. The number of nitrogens with zero attached hydrogens (tertiary/aromatic N) is 2. The Morgan fingerprint density at radius 2 is 2.29 bits per heavy atom. The van der Waals surface area contributed by atoms with E-state index in [1.165, 1.54) is 16.7 Å². The molecule has 1 aliphatic heterocycles. The molecule has 1 fully saturated rings. The maximum absolute atomic E-state index is 6.15. The molecule has 1 N–H and O–H groups in total. The maximum atomic E-state index is 6.15. The van der Waals surface area contributed by atoms with Crippen LogP contribution in [0.1, 0.15) is 22.7 Å². The first-order valence-electron chi connectivity index (χ1n) is 7.34. The van der Waals surface area contributed by atoms with Crippen molar-refractivity contribution in [2.75, 3.05) is 19.6 Å². The number of aromatic nitrogens is 1. The molecule has 21 heavy (non-hydrogen) atoms. The summed E-state index contributed by atoms with van der Waals surface area (Å²) in [4.78, 5) is 6.77.